The second-order valence-corrected chi connectivity index (χ2v) is 7.57. The quantitative estimate of drug-likeness (QED) is 0.568. The van der Waals surface area contributed by atoms with Gasteiger partial charge in [0.15, 0.2) is 6.20 Å². The van der Waals surface area contributed by atoms with Gasteiger partial charge in [0.1, 0.15) is 7.05 Å². The Hall–Kier alpha value is -2.15. The minimum atomic E-state index is 0.563. The van der Waals surface area contributed by atoms with Crippen molar-refractivity contribution in [2.45, 2.75) is 46.0 Å². The topological polar surface area (TPSA) is 3.88 Å². The van der Waals surface area contributed by atoms with Gasteiger partial charge in [0.05, 0.1) is 5.39 Å². The first-order valence-electron chi connectivity index (χ1n) is 9.09. The van der Waals surface area contributed by atoms with Crippen molar-refractivity contribution in [1.82, 2.24) is 0 Å². The summed E-state index contributed by atoms with van der Waals surface area (Å²) in [6.45, 7) is 6.78. The molecule has 1 aliphatic rings. The van der Waals surface area contributed by atoms with Crippen LogP contribution < -0.4 is 4.57 Å². The van der Waals surface area contributed by atoms with Crippen LogP contribution in [-0.2, 0) is 19.9 Å². The molecule has 1 aromatic heterocycles. The first kappa shape index (κ1) is 15.4. The maximum Gasteiger partial charge on any atom is 0.220 e. The zero-order valence-corrected chi connectivity index (χ0v) is 15.2. The first-order valence-corrected chi connectivity index (χ1v) is 9.09. The van der Waals surface area contributed by atoms with Gasteiger partial charge < -0.3 is 0 Å². The molecule has 0 unspecified atom stereocenters. The van der Waals surface area contributed by atoms with Crippen molar-refractivity contribution in [1.29, 1.82) is 0 Å². The van der Waals surface area contributed by atoms with E-state index in [4.69, 9.17) is 0 Å². The number of rotatable bonds is 2. The highest BCUT2D eigenvalue weighted by molar-refractivity contribution is 5.94. The van der Waals surface area contributed by atoms with Crippen LogP contribution in [0.3, 0.4) is 0 Å². The largest absolute Gasteiger partial charge is 0.220 e. The number of fused-ring (bicyclic) bond motifs is 2. The average molecular weight is 316 g/mol. The fourth-order valence-electron chi connectivity index (χ4n) is 4.09. The van der Waals surface area contributed by atoms with E-state index >= 15 is 0 Å². The van der Waals surface area contributed by atoms with Gasteiger partial charge in [0, 0.05) is 11.6 Å². The van der Waals surface area contributed by atoms with Crippen LogP contribution in [0.15, 0.2) is 42.6 Å². The zero-order valence-electron chi connectivity index (χ0n) is 15.2. The minimum Gasteiger partial charge on any atom is -0.200 e. The molecule has 3 aromatic rings. The third-order valence-electron chi connectivity index (χ3n) is 5.52. The van der Waals surface area contributed by atoms with Crippen LogP contribution >= 0.6 is 0 Å². The van der Waals surface area contributed by atoms with Crippen LogP contribution in [0.5, 0.6) is 0 Å². The molecule has 0 aliphatic heterocycles. The fraction of sp³-hybridized carbons (Fsp3) is 0.348. The second kappa shape index (κ2) is 5.73. The highest BCUT2D eigenvalue weighted by Crippen LogP contribution is 2.33. The minimum absolute atomic E-state index is 0.563. The molecule has 4 rings (SSSR count). The number of benzene rings is 2. The Kier molecular flexibility index (Phi) is 3.68. The van der Waals surface area contributed by atoms with E-state index in [0.717, 1.165) is 0 Å². The molecule has 1 heteroatoms. The van der Waals surface area contributed by atoms with E-state index < -0.39 is 0 Å². The smallest absolute Gasteiger partial charge is 0.200 e. The zero-order chi connectivity index (χ0) is 16.8. The molecule has 0 atom stereocenters. The summed E-state index contributed by atoms with van der Waals surface area (Å²) in [6.07, 6.45) is 5.98. The third-order valence-corrected chi connectivity index (χ3v) is 5.52. The van der Waals surface area contributed by atoms with Crippen LogP contribution in [0.1, 0.15) is 48.4 Å². The maximum atomic E-state index is 2.45. The van der Waals surface area contributed by atoms with Gasteiger partial charge in [-0.15, -0.1) is 0 Å². The molecule has 0 fully saturated rings. The Labute approximate surface area is 145 Å². The summed E-state index contributed by atoms with van der Waals surface area (Å²) in [5, 5.41) is 2.69. The number of hydrogen-bond acceptors (Lipinski definition) is 0. The van der Waals surface area contributed by atoms with Gasteiger partial charge in [-0.25, -0.2) is 4.57 Å². The summed E-state index contributed by atoms with van der Waals surface area (Å²) >= 11 is 0. The van der Waals surface area contributed by atoms with Crippen LogP contribution in [0.2, 0.25) is 0 Å². The lowest BCUT2D eigenvalue weighted by molar-refractivity contribution is -0.659. The molecular formula is C23H26N+. The van der Waals surface area contributed by atoms with E-state index in [1.54, 1.807) is 11.1 Å². The Morgan fingerprint density at radius 2 is 1.71 bits per heavy atom. The lowest BCUT2D eigenvalue weighted by Crippen LogP contribution is -2.30. The lowest BCUT2D eigenvalue weighted by Gasteiger charge is -2.12. The van der Waals surface area contributed by atoms with Crippen molar-refractivity contribution in [2.75, 3.05) is 0 Å². The number of hydrogen-bond donors (Lipinski definition) is 0. The van der Waals surface area contributed by atoms with Gasteiger partial charge in [-0.2, -0.15) is 0 Å². The molecule has 1 aliphatic carbocycles. The molecule has 0 saturated carbocycles. The predicted octanol–water partition coefficient (Wildman–Crippen LogP) is 5.25. The van der Waals surface area contributed by atoms with E-state index in [-0.39, 0.29) is 0 Å². The average Bonchev–Trinajstić information content (AvgIpc) is 3.01. The summed E-state index contributed by atoms with van der Waals surface area (Å²) in [6, 6.07) is 14.1. The molecule has 0 bridgehead atoms. The number of nitrogens with zero attached hydrogens (tertiary/aromatic N) is 1. The molecule has 0 N–H and O–H groups in total. The summed E-state index contributed by atoms with van der Waals surface area (Å²) in [4.78, 5) is 0. The molecule has 0 saturated heterocycles. The molecule has 122 valence electrons. The van der Waals surface area contributed by atoms with Crippen molar-refractivity contribution in [3.63, 3.8) is 0 Å². The van der Waals surface area contributed by atoms with Crippen LogP contribution in [0.25, 0.3) is 22.0 Å². The summed E-state index contributed by atoms with van der Waals surface area (Å²) in [5.41, 5.74) is 8.64. The normalized spacial score (nSPS) is 13.7. The van der Waals surface area contributed by atoms with Crippen LogP contribution in [0, 0.1) is 6.92 Å². The Morgan fingerprint density at radius 3 is 2.46 bits per heavy atom. The van der Waals surface area contributed by atoms with Gasteiger partial charge in [0.2, 0.25) is 5.69 Å². The summed E-state index contributed by atoms with van der Waals surface area (Å²) < 4.78 is 2.28. The predicted molar refractivity (Wildman–Crippen MR) is 101 cm³/mol. The van der Waals surface area contributed by atoms with Gasteiger partial charge in [0.25, 0.3) is 0 Å². The summed E-state index contributed by atoms with van der Waals surface area (Å²) in [7, 11) is 2.16. The highest BCUT2D eigenvalue weighted by atomic mass is 14.9. The van der Waals surface area contributed by atoms with Crippen molar-refractivity contribution >= 4 is 10.8 Å². The molecule has 1 nitrogen and oxygen atoms in total. The van der Waals surface area contributed by atoms with E-state index in [9.17, 15) is 0 Å². The number of pyridine rings is 1. The van der Waals surface area contributed by atoms with Crippen LogP contribution in [0.4, 0.5) is 0 Å². The van der Waals surface area contributed by atoms with E-state index in [1.165, 1.54) is 52.4 Å². The first-order chi connectivity index (χ1) is 11.5. The molecule has 0 amide bonds. The monoisotopic (exact) mass is 316 g/mol. The molecule has 24 heavy (non-hydrogen) atoms. The van der Waals surface area contributed by atoms with Crippen molar-refractivity contribution in [3.05, 3.63) is 64.8 Å². The highest BCUT2D eigenvalue weighted by Gasteiger charge is 2.21. The van der Waals surface area contributed by atoms with Gasteiger partial charge in [-0.3, -0.25) is 0 Å². The van der Waals surface area contributed by atoms with E-state index in [0.29, 0.717) is 5.92 Å². The molecule has 2 aromatic carbocycles. The Bertz CT molecular complexity index is 934. The van der Waals surface area contributed by atoms with Gasteiger partial charge in [-0.05, 0) is 71.9 Å². The second-order valence-electron chi connectivity index (χ2n) is 7.57. The van der Waals surface area contributed by atoms with Crippen molar-refractivity contribution in [2.24, 2.45) is 7.05 Å². The third kappa shape index (κ3) is 2.43. The standard InChI is InChI=1S/C23H26N/c1-15(2)17-8-9-21-20(13-17)10-11-24(4)23(21)22-14-19-7-5-6-18(19)12-16(22)3/h8-15H,5-7H2,1-4H3/q+1. The SMILES string of the molecule is Cc1cc2c(cc1-c1c3ccc(C(C)C)cc3cc[n+]1C)CCC2. The lowest BCUT2D eigenvalue weighted by atomic mass is 9.93. The maximum absolute atomic E-state index is 2.45. The van der Waals surface area contributed by atoms with Crippen molar-refractivity contribution in [3.8, 4) is 11.3 Å². The van der Waals surface area contributed by atoms with E-state index in [2.05, 4.69) is 75.0 Å². The Morgan fingerprint density at radius 1 is 0.958 bits per heavy atom. The molecular weight excluding hydrogens is 290 g/mol. The van der Waals surface area contributed by atoms with Gasteiger partial charge in [-0.1, -0.05) is 32.0 Å². The van der Waals surface area contributed by atoms with Gasteiger partial charge >= 0.3 is 0 Å². The fourth-order valence-corrected chi connectivity index (χ4v) is 4.09. The summed E-state index contributed by atoms with van der Waals surface area (Å²) in [5.74, 6) is 0.563. The Balaban J connectivity index is 1.98. The molecule has 0 radical (unpaired) electrons. The van der Waals surface area contributed by atoms with Crippen molar-refractivity contribution < 1.29 is 4.57 Å². The number of aromatic nitrogens is 1. The number of aryl methyl sites for hydroxylation is 4. The molecule has 0 spiro atoms. The van der Waals surface area contributed by atoms with E-state index in [1.807, 2.05) is 0 Å². The molecule has 1 heterocycles. The van der Waals surface area contributed by atoms with Crippen LogP contribution in [-0.4, -0.2) is 0 Å².